The fourth-order valence-corrected chi connectivity index (χ4v) is 2.07. The summed E-state index contributed by atoms with van der Waals surface area (Å²) in [6, 6.07) is -0.851. The molecule has 0 radical (unpaired) electrons. The molecule has 0 bridgehead atoms. The molecule has 9 heteroatoms. The van der Waals surface area contributed by atoms with Crippen molar-refractivity contribution >= 4 is 15.9 Å². The van der Waals surface area contributed by atoms with Gasteiger partial charge < -0.3 is 11.1 Å². The second kappa shape index (κ2) is 6.13. The van der Waals surface area contributed by atoms with Crippen LogP contribution in [-0.2, 0) is 21.9 Å². The van der Waals surface area contributed by atoms with E-state index < -0.39 is 22.0 Å². The fourth-order valence-electron chi connectivity index (χ4n) is 1.35. The van der Waals surface area contributed by atoms with Crippen molar-refractivity contribution in [2.24, 2.45) is 12.8 Å². The van der Waals surface area contributed by atoms with Gasteiger partial charge in [-0.3, -0.25) is 9.48 Å². The summed E-state index contributed by atoms with van der Waals surface area (Å²) < 4.78 is 25.6. The molecule has 1 amide bonds. The minimum absolute atomic E-state index is 0.0211. The number of hydrogen-bond donors (Lipinski definition) is 2. The second-order valence-corrected chi connectivity index (χ2v) is 6.62. The van der Waals surface area contributed by atoms with Crippen LogP contribution in [0.25, 0.3) is 0 Å². The standard InChI is InChI=1S/C10H19N5O3S/c1-14(2)19(17,18)5-4-12-10(16)9(11)8-6-13-15(3)7-8/h6-7,9H,4-5,11H2,1-3H3,(H,12,16). The molecule has 1 aromatic heterocycles. The Morgan fingerprint density at radius 3 is 2.68 bits per heavy atom. The minimum Gasteiger partial charge on any atom is -0.353 e. The monoisotopic (exact) mass is 289 g/mol. The van der Waals surface area contributed by atoms with Crippen LogP contribution in [0.15, 0.2) is 12.4 Å². The summed E-state index contributed by atoms with van der Waals surface area (Å²) in [5.74, 6) is -0.590. The first-order valence-electron chi connectivity index (χ1n) is 5.66. The summed E-state index contributed by atoms with van der Waals surface area (Å²) in [5, 5.41) is 6.41. The molecule has 1 rings (SSSR count). The van der Waals surface area contributed by atoms with Gasteiger partial charge in [0, 0.05) is 39.4 Å². The van der Waals surface area contributed by atoms with Crippen molar-refractivity contribution < 1.29 is 13.2 Å². The van der Waals surface area contributed by atoms with Gasteiger partial charge in [0.2, 0.25) is 15.9 Å². The average Bonchev–Trinajstić information content (AvgIpc) is 2.74. The normalized spacial score (nSPS) is 13.5. The van der Waals surface area contributed by atoms with Crippen LogP contribution in [0.2, 0.25) is 0 Å². The number of aromatic nitrogens is 2. The number of carbonyl (C=O) groups is 1. The lowest BCUT2D eigenvalue weighted by atomic mass is 10.1. The van der Waals surface area contributed by atoms with Gasteiger partial charge in [-0.05, 0) is 0 Å². The third kappa shape index (κ3) is 4.30. The molecule has 0 aliphatic rings. The van der Waals surface area contributed by atoms with Crippen LogP contribution >= 0.6 is 0 Å². The highest BCUT2D eigenvalue weighted by molar-refractivity contribution is 7.89. The Morgan fingerprint density at radius 1 is 1.58 bits per heavy atom. The Labute approximate surface area is 112 Å². The molecular weight excluding hydrogens is 270 g/mol. The highest BCUT2D eigenvalue weighted by atomic mass is 32.2. The zero-order valence-corrected chi connectivity index (χ0v) is 12.0. The molecule has 3 N–H and O–H groups in total. The smallest absolute Gasteiger partial charge is 0.241 e. The highest BCUT2D eigenvalue weighted by Gasteiger charge is 2.18. The molecule has 108 valence electrons. The number of aryl methyl sites for hydroxylation is 1. The zero-order valence-electron chi connectivity index (χ0n) is 11.2. The first-order valence-corrected chi connectivity index (χ1v) is 7.27. The molecule has 1 heterocycles. The SMILES string of the molecule is CN(C)S(=O)(=O)CCNC(=O)C(N)c1cnn(C)c1. The Bertz CT molecular complexity index is 537. The molecule has 0 saturated heterocycles. The van der Waals surface area contributed by atoms with Crippen molar-refractivity contribution in [3.63, 3.8) is 0 Å². The molecule has 0 spiro atoms. The minimum atomic E-state index is -3.32. The lowest BCUT2D eigenvalue weighted by molar-refractivity contribution is -0.122. The summed E-state index contributed by atoms with van der Waals surface area (Å²) in [5.41, 5.74) is 6.32. The van der Waals surface area contributed by atoms with Crippen LogP contribution in [0.4, 0.5) is 0 Å². The highest BCUT2D eigenvalue weighted by Crippen LogP contribution is 2.08. The number of rotatable bonds is 6. The van der Waals surface area contributed by atoms with Gasteiger partial charge in [-0.1, -0.05) is 0 Å². The van der Waals surface area contributed by atoms with Gasteiger partial charge >= 0.3 is 0 Å². The Kier molecular flexibility index (Phi) is 5.04. The van der Waals surface area contributed by atoms with E-state index in [9.17, 15) is 13.2 Å². The summed E-state index contributed by atoms with van der Waals surface area (Å²) in [6.07, 6.45) is 3.14. The van der Waals surface area contributed by atoms with Crippen LogP contribution in [-0.4, -0.2) is 54.8 Å². The summed E-state index contributed by atoms with van der Waals surface area (Å²) in [7, 11) is 1.29. The van der Waals surface area contributed by atoms with Crippen molar-refractivity contribution in [3.05, 3.63) is 18.0 Å². The molecular formula is C10H19N5O3S. The van der Waals surface area contributed by atoms with Crippen molar-refractivity contribution in [3.8, 4) is 0 Å². The first-order chi connectivity index (χ1) is 8.74. The number of nitrogens with zero attached hydrogens (tertiary/aromatic N) is 3. The Balaban J connectivity index is 2.48. The fraction of sp³-hybridized carbons (Fsp3) is 0.600. The number of sulfonamides is 1. The number of amides is 1. The van der Waals surface area contributed by atoms with Gasteiger partial charge in [-0.25, -0.2) is 12.7 Å². The van der Waals surface area contributed by atoms with E-state index in [1.807, 2.05) is 0 Å². The van der Waals surface area contributed by atoms with Crippen molar-refractivity contribution in [1.29, 1.82) is 0 Å². The first kappa shape index (κ1) is 15.6. The van der Waals surface area contributed by atoms with E-state index in [4.69, 9.17) is 5.73 Å². The maximum Gasteiger partial charge on any atom is 0.241 e. The van der Waals surface area contributed by atoms with Crippen molar-refractivity contribution in [2.75, 3.05) is 26.4 Å². The van der Waals surface area contributed by atoms with Gasteiger partial charge in [0.25, 0.3) is 0 Å². The molecule has 0 aliphatic carbocycles. The predicted octanol–water partition coefficient (Wildman–Crippen LogP) is -1.57. The predicted molar refractivity (Wildman–Crippen MR) is 70.6 cm³/mol. The summed E-state index contributed by atoms with van der Waals surface area (Å²) in [4.78, 5) is 11.7. The largest absolute Gasteiger partial charge is 0.353 e. The number of hydrogen-bond acceptors (Lipinski definition) is 5. The molecule has 1 aromatic rings. The zero-order chi connectivity index (χ0) is 14.6. The molecule has 0 aliphatic heterocycles. The maximum absolute atomic E-state index is 11.7. The van der Waals surface area contributed by atoms with Crippen LogP contribution in [0.3, 0.4) is 0 Å². The number of nitrogens with one attached hydrogen (secondary N) is 1. The Hall–Kier alpha value is -1.45. The lowest BCUT2D eigenvalue weighted by Crippen LogP contribution is -2.38. The van der Waals surface area contributed by atoms with E-state index in [2.05, 4.69) is 10.4 Å². The van der Waals surface area contributed by atoms with Crippen LogP contribution in [0, 0.1) is 0 Å². The molecule has 19 heavy (non-hydrogen) atoms. The summed E-state index contributed by atoms with van der Waals surface area (Å²) in [6.45, 7) is 0.0211. The molecule has 0 saturated carbocycles. The third-order valence-electron chi connectivity index (χ3n) is 2.58. The lowest BCUT2D eigenvalue weighted by Gasteiger charge is -2.13. The number of nitrogens with two attached hydrogens (primary N) is 1. The molecule has 1 unspecified atom stereocenters. The van der Waals surface area contributed by atoms with Crippen molar-refractivity contribution in [2.45, 2.75) is 6.04 Å². The summed E-state index contributed by atoms with van der Waals surface area (Å²) >= 11 is 0. The topological polar surface area (TPSA) is 110 Å². The number of carbonyl (C=O) groups excluding carboxylic acids is 1. The van der Waals surface area contributed by atoms with Gasteiger partial charge in [0.05, 0.1) is 11.9 Å². The second-order valence-electron chi connectivity index (χ2n) is 4.31. The van der Waals surface area contributed by atoms with E-state index in [1.165, 1.54) is 20.3 Å². The van der Waals surface area contributed by atoms with Crippen LogP contribution < -0.4 is 11.1 Å². The van der Waals surface area contributed by atoms with E-state index in [-0.39, 0.29) is 12.3 Å². The molecule has 8 nitrogen and oxygen atoms in total. The van der Waals surface area contributed by atoms with Crippen LogP contribution in [0.5, 0.6) is 0 Å². The van der Waals surface area contributed by atoms with Crippen LogP contribution in [0.1, 0.15) is 11.6 Å². The maximum atomic E-state index is 11.7. The molecule has 0 aromatic carbocycles. The molecule has 1 atom stereocenters. The van der Waals surface area contributed by atoms with E-state index >= 15 is 0 Å². The quantitative estimate of drug-likeness (QED) is 0.657. The molecule has 0 fully saturated rings. The third-order valence-corrected chi connectivity index (χ3v) is 4.41. The van der Waals surface area contributed by atoms with E-state index in [0.717, 1.165) is 4.31 Å². The van der Waals surface area contributed by atoms with Gasteiger partial charge in [-0.2, -0.15) is 5.10 Å². The average molecular weight is 289 g/mol. The van der Waals surface area contributed by atoms with Crippen molar-refractivity contribution in [1.82, 2.24) is 19.4 Å². The van der Waals surface area contributed by atoms with Gasteiger partial charge in [-0.15, -0.1) is 0 Å². The van der Waals surface area contributed by atoms with E-state index in [0.29, 0.717) is 5.56 Å². The van der Waals surface area contributed by atoms with Gasteiger partial charge in [0.1, 0.15) is 6.04 Å². The Morgan fingerprint density at radius 2 is 2.21 bits per heavy atom. The van der Waals surface area contributed by atoms with E-state index in [1.54, 1.807) is 17.9 Å². The van der Waals surface area contributed by atoms with Gasteiger partial charge in [0.15, 0.2) is 0 Å².